The van der Waals surface area contributed by atoms with E-state index in [0.717, 1.165) is 11.1 Å². The minimum Gasteiger partial charge on any atom is -0.477 e. The van der Waals surface area contributed by atoms with Gasteiger partial charge < -0.3 is 15.2 Å². The van der Waals surface area contributed by atoms with Crippen LogP contribution in [0.15, 0.2) is 48.2 Å². The molecule has 7 nitrogen and oxygen atoms in total. The number of rotatable bonds is 3. The predicted octanol–water partition coefficient (Wildman–Crippen LogP) is -0.192. The number of amides is 1. The molecule has 0 saturated carbocycles. The lowest BCUT2D eigenvalue weighted by atomic mass is 10.0. The Morgan fingerprint density at radius 2 is 2.30 bits per heavy atom. The molecule has 2 aliphatic heterocycles. The first kappa shape index (κ1) is 14.3. The number of carbonyl (C=O) groups excluding carboxylic acids is 1. The molecule has 118 valence electrons. The van der Waals surface area contributed by atoms with Gasteiger partial charge in [0.05, 0.1) is 6.20 Å². The molecule has 1 amide bonds. The van der Waals surface area contributed by atoms with Crippen LogP contribution in [0.1, 0.15) is 0 Å². The average Bonchev–Trinajstić information content (AvgIpc) is 3.01. The zero-order valence-corrected chi connectivity index (χ0v) is 12.9. The van der Waals surface area contributed by atoms with Crippen LogP contribution >= 0.6 is 11.8 Å². The molecule has 1 unspecified atom stereocenters. The summed E-state index contributed by atoms with van der Waals surface area (Å²) in [5, 5.41) is 9.28. The van der Waals surface area contributed by atoms with Crippen LogP contribution in [0.4, 0.5) is 0 Å². The molecule has 0 aromatic carbocycles. The van der Waals surface area contributed by atoms with Crippen molar-refractivity contribution in [3.8, 4) is 0 Å². The Morgan fingerprint density at radius 3 is 3.09 bits per heavy atom. The average molecular weight is 331 g/mol. The van der Waals surface area contributed by atoms with Gasteiger partial charge in [-0.2, -0.15) is 4.57 Å². The van der Waals surface area contributed by atoms with Crippen LogP contribution in [0.25, 0.3) is 5.52 Å². The molecule has 1 saturated heterocycles. The van der Waals surface area contributed by atoms with E-state index in [1.54, 1.807) is 0 Å². The van der Waals surface area contributed by atoms with Gasteiger partial charge in [0.15, 0.2) is 18.9 Å². The molecule has 2 aromatic heterocycles. The number of thioether (sulfide) groups is 1. The summed E-state index contributed by atoms with van der Waals surface area (Å²) < 4.78 is 3.91. The number of fused-ring (bicyclic) bond motifs is 2. The van der Waals surface area contributed by atoms with Gasteiger partial charge in [-0.3, -0.25) is 9.69 Å². The van der Waals surface area contributed by atoms with Crippen LogP contribution in [0.2, 0.25) is 0 Å². The molecule has 0 aliphatic carbocycles. The van der Waals surface area contributed by atoms with Gasteiger partial charge in [-0.05, 0) is 12.1 Å². The van der Waals surface area contributed by atoms with Crippen LogP contribution in [-0.4, -0.2) is 43.5 Å². The van der Waals surface area contributed by atoms with E-state index in [4.69, 9.17) is 5.73 Å². The molecule has 2 aliphatic rings. The SMILES string of the molecule is NC1C(=O)N2C(C(=O)O)=C(C[n+]3ccn4cccc4c3)CS[C@H]12. The third kappa shape index (κ3) is 2.13. The van der Waals surface area contributed by atoms with E-state index in [9.17, 15) is 14.7 Å². The molecule has 0 spiro atoms. The van der Waals surface area contributed by atoms with Crippen LogP contribution in [0, 0.1) is 0 Å². The van der Waals surface area contributed by atoms with Crippen molar-refractivity contribution in [2.45, 2.75) is 18.0 Å². The molecule has 2 atom stereocenters. The molecule has 3 N–H and O–H groups in total. The second-order valence-corrected chi connectivity index (χ2v) is 6.74. The van der Waals surface area contributed by atoms with Crippen molar-refractivity contribution in [3.63, 3.8) is 0 Å². The first-order valence-corrected chi connectivity index (χ1v) is 8.22. The number of nitrogens with zero attached hydrogens (tertiary/aromatic N) is 3. The lowest BCUT2D eigenvalue weighted by Gasteiger charge is -2.47. The number of β-lactam (4-membered cyclic amide) rings is 1. The van der Waals surface area contributed by atoms with Crippen LogP contribution in [0.3, 0.4) is 0 Å². The number of carbonyl (C=O) groups is 2. The Bertz CT molecular complexity index is 859. The summed E-state index contributed by atoms with van der Waals surface area (Å²) in [4.78, 5) is 24.9. The summed E-state index contributed by atoms with van der Waals surface area (Å²) in [6.07, 6.45) is 7.70. The van der Waals surface area contributed by atoms with Gasteiger partial charge in [-0.1, -0.05) is 0 Å². The number of aromatic nitrogens is 2. The number of hydrogen-bond acceptors (Lipinski definition) is 4. The molecule has 1 fully saturated rings. The zero-order valence-electron chi connectivity index (χ0n) is 12.1. The van der Waals surface area contributed by atoms with E-state index in [2.05, 4.69) is 0 Å². The van der Waals surface area contributed by atoms with Crippen molar-refractivity contribution < 1.29 is 19.3 Å². The van der Waals surface area contributed by atoms with Crippen LogP contribution in [-0.2, 0) is 16.1 Å². The van der Waals surface area contributed by atoms with Crippen LogP contribution in [0.5, 0.6) is 0 Å². The Labute approximate surface area is 136 Å². The molecule has 4 heterocycles. The zero-order chi connectivity index (χ0) is 16.1. The van der Waals surface area contributed by atoms with Crippen molar-refractivity contribution in [1.29, 1.82) is 0 Å². The normalized spacial score (nSPS) is 23.9. The fraction of sp³-hybridized carbons (Fsp3) is 0.267. The Morgan fingerprint density at radius 1 is 1.48 bits per heavy atom. The molecular formula is C15H15N4O3S+. The summed E-state index contributed by atoms with van der Waals surface area (Å²) in [6, 6.07) is 3.33. The van der Waals surface area contributed by atoms with Gasteiger partial charge in [0.25, 0.3) is 0 Å². The van der Waals surface area contributed by atoms with E-state index >= 15 is 0 Å². The Kier molecular flexibility index (Phi) is 3.17. The molecule has 23 heavy (non-hydrogen) atoms. The van der Waals surface area contributed by atoms with E-state index < -0.39 is 12.0 Å². The molecule has 8 heteroatoms. The smallest absolute Gasteiger partial charge is 0.352 e. The highest BCUT2D eigenvalue weighted by Gasteiger charge is 2.52. The van der Waals surface area contributed by atoms with E-state index in [-0.39, 0.29) is 17.0 Å². The standard InChI is InChI=1S/C15H14N4O3S/c16-11-13(20)19-12(15(21)22)9(8-23-14(11)19)6-17-4-5-18-3-1-2-10(18)7-17/h1-5,7,11,14H,6,8,16H2/p+1/t11?,14-/m1/s1. The molecule has 0 bridgehead atoms. The predicted molar refractivity (Wildman–Crippen MR) is 83.3 cm³/mol. The number of carboxylic acids is 1. The van der Waals surface area contributed by atoms with Crippen molar-refractivity contribution >= 4 is 29.2 Å². The minimum absolute atomic E-state index is 0.0863. The quantitative estimate of drug-likeness (QED) is 0.601. The maximum atomic E-state index is 11.9. The summed E-state index contributed by atoms with van der Waals surface area (Å²) in [7, 11) is 0. The maximum Gasteiger partial charge on any atom is 0.352 e. The highest BCUT2D eigenvalue weighted by Crippen LogP contribution is 2.39. The van der Waals surface area contributed by atoms with Crippen molar-refractivity contribution in [2.24, 2.45) is 5.73 Å². The number of carboxylic acid groups (broad SMARTS) is 1. The number of aliphatic carboxylic acids is 1. The molecule has 2 aromatic rings. The van der Waals surface area contributed by atoms with Crippen molar-refractivity contribution in [1.82, 2.24) is 9.30 Å². The Balaban J connectivity index is 1.70. The minimum atomic E-state index is -1.07. The van der Waals surface area contributed by atoms with Gasteiger partial charge in [-0.15, -0.1) is 11.8 Å². The summed E-state index contributed by atoms with van der Waals surface area (Å²) in [5.41, 5.74) is 7.58. The van der Waals surface area contributed by atoms with E-state index in [1.165, 1.54) is 16.7 Å². The van der Waals surface area contributed by atoms with Gasteiger partial charge in [0.2, 0.25) is 5.91 Å². The van der Waals surface area contributed by atoms with Gasteiger partial charge in [-0.25, -0.2) is 4.79 Å². The van der Waals surface area contributed by atoms with Gasteiger partial charge in [0, 0.05) is 17.5 Å². The number of hydrogen-bond donors (Lipinski definition) is 2. The van der Waals surface area contributed by atoms with Crippen molar-refractivity contribution in [3.05, 3.63) is 48.2 Å². The Hall–Kier alpha value is -2.32. The summed E-state index contributed by atoms with van der Waals surface area (Å²) in [6.45, 7) is 0.433. The third-order valence-electron chi connectivity index (χ3n) is 4.19. The maximum absolute atomic E-state index is 11.9. The second kappa shape index (κ2) is 5.10. The fourth-order valence-electron chi connectivity index (χ4n) is 3.04. The molecule has 0 radical (unpaired) electrons. The lowest BCUT2D eigenvalue weighted by molar-refractivity contribution is -0.688. The monoisotopic (exact) mass is 331 g/mol. The van der Waals surface area contributed by atoms with Gasteiger partial charge in [0.1, 0.15) is 22.6 Å². The molecular weight excluding hydrogens is 316 g/mol. The number of nitrogens with two attached hydrogens (primary N) is 1. The van der Waals surface area contributed by atoms with E-state index in [0.29, 0.717) is 12.3 Å². The third-order valence-corrected chi connectivity index (χ3v) is 5.55. The molecule has 4 rings (SSSR count). The topological polar surface area (TPSA) is 91.9 Å². The second-order valence-electron chi connectivity index (χ2n) is 5.63. The largest absolute Gasteiger partial charge is 0.477 e. The van der Waals surface area contributed by atoms with Crippen molar-refractivity contribution in [2.75, 3.05) is 5.75 Å². The van der Waals surface area contributed by atoms with Gasteiger partial charge >= 0.3 is 5.97 Å². The summed E-state index contributed by atoms with van der Waals surface area (Å²) >= 11 is 1.52. The lowest BCUT2D eigenvalue weighted by Crippen LogP contribution is -2.68. The van der Waals surface area contributed by atoms with E-state index in [1.807, 2.05) is 45.9 Å². The highest BCUT2D eigenvalue weighted by atomic mass is 32.2. The summed E-state index contributed by atoms with van der Waals surface area (Å²) in [5.74, 6) is -0.831. The first-order valence-electron chi connectivity index (χ1n) is 7.17. The highest BCUT2D eigenvalue weighted by molar-refractivity contribution is 8.00. The van der Waals surface area contributed by atoms with Crippen LogP contribution < -0.4 is 10.3 Å². The first-order chi connectivity index (χ1) is 11.1. The fourth-order valence-corrected chi connectivity index (χ4v) is 4.32.